The molecule has 2 amide bonds. The van der Waals surface area contributed by atoms with Crippen LogP contribution in [0.1, 0.15) is 57.3 Å². The molecule has 10 nitrogen and oxygen atoms in total. The third-order valence-corrected chi connectivity index (χ3v) is 8.89. The predicted molar refractivity (Wildman–Crippen MR) is 136 cm³/mol. The number of thiophene rings is 1. The number of fused-ring (bicyclic) bond motifs is 1. The monoisotopic (exact) mass is 528 g/mol. The summed E-state index contributed by atoms with van der Waals surface area (Å²) >= 11 is 1.34. The van der Waals surface area contributed by atoms with Crippen molar-refractivity contribution in [1.82, 2.24) is 9.21 Å². The predicted octanol–water partition coefficient (Wildman–Crippen LogP) is 2.69. The Labute approximate surface area is 215 Å². The highest BCUT2D eigenvalue weighted by Crippen LogP contribution is 2.37. The van der Waals surface area contributed by atoms with Crippen LogP contribution in [0.5, 0.6) is 0 Å². The molecule has 3 N–H and O–H groups in total. The summed E-state index contributed by atoms with van der Waals surface area (Å²) in [5.74, 6) is -1.08. The number of hydrogen-bond donors (Lipinski definition) is 2. The third kappa shape index (κ3) is 6.09. The molecule has 1 aromatic carbocycles. The number of carbonyl (C=O) groups excluding carboxylic acids is 2. The van der Waals surface area contributed by atoms with Crippen LogP contribution in [0.15, 0.2) is 29.2 Å². The maximum absolute atomic E-state index is 13.0. The molecule has 0 saturated carbocycles. The molecule has 3 rings (SSSR count). The van der Waals surface area contributed by atoms with Crippen LogP contribution in [0.4, 0.5) is 5.00 Å². The van der Waals surface area contributed by atoms with E-state index in [-0.39, 0.29) is 36.4 Å². The van der Waals surface area contributed by atoms with Crippen LogP contribution in [0.3, 0.4) is 0 Å². The highest BCUT2D eigenvalue weighted by molar-refractivity contribution is 7.89. The molecule has 0 unspecified atom stereocenters. The van der Waals surface area contributed by atoms with Crippen molar-refractivity contribution in [2.24, 2.45) is 5.73 Å². The highest BCUT2D eigenvalue weighted by atomic mass is 32.2. The zero-order valence-corrected chi connectivity index (χ0v) is 21.6. The van der Waals surface area contributed by atoms with E-state index in [9.17, 15) is 18.0 Å². The lowest BCUT2D eigenvalue weighted by Crippen LogP contribution is -2.32. The van der Waals surface area contributed by atoms with Gasteiger partial charge in [0.2, 0.25) is 10.0 Å². The van der Waals surface area contributed by atoms with Gasteiger partial charge in [0.1, 0.15) is 5.00 Å². The van der Waals surface area contributed by atoms with Gasteiger partial charge in [-0.3, -0.25) is 14.5 Å². The van der Waals surface area contributed by atoms with E-state index in [1.807, 2.05) is 12.1 Å². The number of hydrogen-bond acceptors (Lipinski definition) is 8. The van der Waals surface area contributed by atoms with Gasteiger partial charge < -0.3 is 11.1 Å². The lowest BCUT2D eigenvalue weighted by molar-refractivity contribution is 0.0999. The van der Waals surface area contributed by atoms with Crippen LogP contribution in [0.2, 0.25) is 0 Å². The summed E-state index contributed by atoms with van der Waals surface area (Å²) in [6.45, 7) is 4.52. The van der Waals surface area contributed by atoms with E-state index in [1.54, 1.807) is 0 Å². The Morgan fingerprint density at radius 2 is 1.81 bits per heavy atom. The number of nitriles is 2. The topological polar surface area (TPSA) is 160 Å². The molecule has 0 fully saturated rings. The van der Waals surface area contributed by atoms with Gasteiger partial charge in [-0.2, -0.15) is 14.8 Å². The van der Waals surface area contributed by atoms with Crippen molar-refractivity contribution in [3.63, 3.8) is 0 Å². The molecule has 190 valence electrons. The van der Waals surface area contributed by atoms with Gasteiger partial charge in [0.05, 0.1) is 22.6 Å². The normalized spacial score (nSPS) is 13.6. The van der Waals surface area contributed by atoms with E-state index in [4.69, 9.17) is 16.3 Å². The summed E-state index contributed by atoms with van der Waals surface area (Å²) in [6.07, 6.45) is 1.69. The van der Waals surface area contributed by atoms with E-state index in [1.165, 1.54) is 35.6 Å². The van der Waals surface area contributed by atoms with Crippen molar-refractivity contribution in [2.75, 3.05) is 31.5 Å². The summed E-state index contributed by atoms with van der Waals surface area (Å²) in [7, 11) is -3.94. The van der Waals surface area contributed by atoms with Crippen LogP contribution in [-0.4, -0.2) is 55.6 Å². The first-order valence-corrected chi connectivity index (χ1v) is 13.8. The van der Waals surface area contributed by atoms with E-state index >= 15 is 0 Å². The first-order valence-electron chi connectivity index (χ1n) is 11.5. The van der Waals surface area contributed by atoms with Gasteiger partial charge >= 0.3 is 0 Å². The molecule has 12 heteroatoms. The van der Waals surface area contributed by atoms with E-state index in [0.29, 0.717) is 23.5 Å². The van der Waals surface area contributed by atoms with Gasteiger partial charge in [-0.15, -0.1) is 11.3 Å². The Morgan fingerprint density at radius 3 is 2.36 bits per heavy atom. The third-order valence-electron chi connectivity index (χ3n) is 5.85. The lowest BCUT2D eigenvalue weighted by Gasteiger charge is -2.26. The van der Waals surface area contributed by atoms with E-state index < -0.39 is 21.8 Å². The maximum atomic E-state index is 13.0. The van der Waals surface area contributed by atoms with Crippen LogP contribution in [0, 0.1) is 22.7 Å². The standard InChI is InChI=1S/C24H28N6O4S2/c1-2-12-29-15-9-19-20(16-29)35-24(21(19)22(27)31)28-23(32)17-5-7-18(8-6-17)36(33,34)30(13-3-10-25)14-4-11-26/h5-8H,2-4,9,12-16H2,1H3,(H2,27,31)(H,28,32). The minimum Gasteiger partial charge on any atom is -0.365 e. The second kappa shape index (κ2) is 12.1. The molecule has 1 aromatic heterocycles. The van der Waals surface area contributed by atoms with Crippen molar-refractivity contribution in [3.8, 4) is 12.1 Å². The first-order chi connectivity index (χ1) is 17.2. The van der Waals surface area contributed by atoms with Crippen molar-refractivity contribution >= 4 is 38.2 Å². The Hall–Kier alpha value is -3.29. The van der Waals surface area contributed by atoms with Crippen LogP contribution >= 0.6 is 11.3 Å². The van der Waals surface area contributed by atoms with Crippen LogP contribution in [-0.2, 0) is 23.0 Å². The SMILES string of the molecule is CCCN1CCc2c(sc(NC(=O)c3ccc(S(=O)(=O)N(CCC#N)CCC#N)cc3)c2C(N)=O)C1. The summed E-state index contributed by atoms with van der Waals surface area (Å²) in [5, 5.41) is 20.8. The summed E-state index contributed by atoms with van der Waals surface area (Å²) in [5.41, 5.74) is 7.08. The highest BCUT2D eigenvalue weighted by Gasteiger charge is 2.28. The molecular weight excluding hydrogens is 500 g/mol. The maximum Gasteiger partial charge on any atom is 0.256 e. The molecule has 0 saturated heterocycles. The largest absolute Gasteiger partial charge is 0.365 e. The fourth-order valence-corrected chi connectivity index (χ4v) is 6.85. The number of primary amides is 1. The average Bonchev–Trinajstić information content (AvgIpc) is 3.21. The number of anilines is 1. The summed E-state index contributed by atoms with van der Waals surface area (Å²) < 4.78 is 27.0. The van der Waals surface area contributed by atoms with E-state index in [2.05, 4.69) is 17.1 Å². The molecule has 0 aliphatic carbocycles. The van der Waals surface area contributed by atoms with Gasteiger partial charge in [0.15, 0.2) is 0 Å². The molecule has 0 atom stereocenters. The average molecular weight is 529 g/mol. The van der Waals surface area contributed by atoms with Crippen LogP contribution in [0.25, 0.3) is 0 Å². The second-order valence-electron chi connectivity index (χ2n) is 8.30. The number of rotatable bonds is 11. The number of sulfonamides is 1. The minimum absolute atomic E-state index is 0.00562. The smallest absolute Gasteiger partial charge is 0.256 e. The minimum atomic E-state index is -3.94. The van der Waals surface area contributed by atoms with Crippen molar-refractivity contribution in [2.45, 2.75) is 44.0 Å². The fraction of sp³-hybridized carbons (Fsp3) is 0.417. The zero-order valence-electron chi connectivity index (χ0n) is 20.0. The quantitative estimate of drug-likeness (QED) is 0.453. The Balaban J connectivity index is 1.80. The first kappa shape index (κ1) is 27.3. The number of benzene rings is 1. The van der Waals surface area contributed by atoms with Gasteiger partial charge in [-0.1, -0.05) is 6.92 Å². The number of amides is 2. The van der Waals surface area contributed by atoms with Gasteiger partial charge in [-0.05, 0) is 49.2 Å². The van der Waals surface area contributed by atoms with Gasteiger partial charge in [-0.25, -0.2) is 8.42 Å². The lowest BCUT2D eigenvalue weighted by atomic mass is 10.0. The van der Waals surface area contributed by atoms with Crippen molar-refractivity contribution in [3.05, 3.63) is 45.8 Å². The van der Waals surface area contributed by atoms with Crippen molar-refractivity contribution in [1.29, 1.82) is 10.5 Å². The van der Waals surface area contributed by atoms with Gasteiger partial charge in [0.25, 0.3) is 11.8 Å². The molecular formula is C24H28N6O4S2. The summed E-state index contributed by atoms with van der Waals surface area (Å²) in [4.78, 5) is 28.4. The number of nitrogens with zero attached hydrogens (tertiary/aromatic N) is 4. The zero-order chi connectivity index (χ0) is 26.3. The number of carbonyl (C=O) groups is 2. The molecule has 36 heavy (non-hydrogen) atoms. The number of nitrogens with one attached hydrogen (secondary N) is 1. The van der Waals surface area contributed by atoms with Gasteiger partial charge in [0, 0.05) is 49.5 Å². The second-order valence-corrected chi connectivity index (χ2v) is 11.3. The Morgan fingerprint density at radius 1 is 1.17 bits per heavy atom. The molecule has 2 heterocycles. The number of nitrogens with two attached hydrogens (primary N) is 1. The molecule has 0 spiro atoms. The Bertz CT molecular complexity index is 1290. The van der Waals surface area contributed by atoms with Crippen LogP contribution < -0.4 is 11.1 Å². The Kier molecular flexibility index (Phi) is 9.18. The molecule has 1 aliphatic rings. The molecule has 2 aromatic rings. The van der Waals surface area contributed by atoms with Crippen molar-refractivity contribution < 1.29 is 18.0 Å². The van der Waals surface area contributed by atoms with E-state index in [0.717, 1.165) is 34.3 Å². The summed E-state index contributed by atoms with van der Waals surface area (Å²) in [6, 6.07) is 9.21. The molecule has 0 bridgehead atoms. The molecule has 1 aliphatic heterocycles. The molecule has 0 radical (unpaired) electrons. The fourth-order valence-electron chi connectivity index (χ4n) is 4.12.